The van der Waals surface area contributed by atoms with Gasteiger partial charge in [0.1, 0.15) is 0 Å². The normalized spacial score (nSPS) is 12.3. The van der Waals surface area contributed by atoms with Gasteiger partial charge in [-0.05, 0) is 177 Å². The maximum Gasteiger partial charge on any atom is 0.0668 e. The maximum atomic E-state index is 5.92. The summed E-state index contributed by atoms with van der Waals surface area (Å²) in [5.41, 5.74) is 11.9. The second-order valence-electron chi connectivity index (χ2n) is 19.9. The summed E-state index contributed by atoms with van der Waals surface area (Å²) < 4.78 is 0. The summed E-state index contributed by atoms with van der Waals surface area (Å²) >= 11 is 0. The quantitative estimate of drug-likeness (QED) is 0.0287. The van der Waals surface area contributed by atoms with Gasteiger partial charge in [0.2, 0.25) is 0 Å². The van der Waals surface area contributed by atoms with Gasteiger partial charge in [0, 0.05) is 43.7 Å². The molecule has 0 aromatic heterocycles. The van der Waals surface area contributed by atoms with E-state index in [1.165, 1.54) is 175 Å². The fourth-order valence-electron chi connectivity index (χ4n) is 9.28. The van der Waals surface area contributed by atoms with Crippen LogP contribution in [0, 0.1) is 0 Å². The number of nitrogens with zero attached hydrogens (tertiary/aromatic N) is 4. The number of rotatable bonds is 43. The Labute approximate surface area is 439 Å². The Hall–Kier alpha value is -2.91. The van der Waals surface area contributed by atoms with E-state index in [2.05, 4.69) is 139 Å². The topological polar surface area (TPSA) is 31.2 Å². The van der Waals surface area contributed by atoms with Gasteiger partial charge in [-0.2, -0.15) is 0 Å². The van der Waals surface area contributed by atoms with Gasteiger partial charge < -0.3 is 9.80 Å². The molecule has 0 saturated carbocycles. The van der Waals surface area contributed by atoms with Gasteiger partial charge >= 0.3 is 0 Å². The minimum absolute atomic E-state index is 0. The summed E-state index contributed by atoms with van der Waals surface area (Å²) in [6.45, 7) is 17.9. The van der Waals surface area contributed by atoms with Gasteiger partial charge in [0.15, 0.2) is 0 Å². The van der Waals surface area contributed by atoms with Gasteiger partial charge in [0.05, 0.1) is 34.2 Å². The van der Waals surface area contributed by atoms with Crippen molar-refractivity contribution >= 4 is 34.2 Å². The fourth-order valence-corrected chi connectivity index (χ4v) is 9.28. The molecular weight excluding hydrogens is 883 g/mol. The van der Waals surface area contributed by atoms with Crippen molar-refractivity contribution in [2.75, 3.05) is 37.0 Å². The second-order valence-corrected chi connectivity index (χ2v) is 19.9. The summed E-state index contributed by atoms with van der Waals surface area (Å²) in [5, 5.41) is 0. The van der Waals surface area contributed by atoms with Crippen molar-refractivity contribution in [1.29, 1.82) is 0 Å². The van der Waals surface area contributed by atoms with Crippen molar-refractivity contribution in [1.82, 2.24) is 0 Å². The molecule has 0 N–H and O–H groups in total. The van der Waals surface area contributed by atoms with Crippen molar-refractivity contribution in [3.8, 4) is 0 Å². The van der Waals surface area contributed by atoms with E-state index in [1.54, 1.807) is 11.1 Å². The average molecular weight is 992 g/mol. The first-order valence-corrected chi connectivity index (χ1v) is 29.2. The molecule has 69 heavy (non-hydrogen) atoms. The molecule has 0 radical (unpaired) electrons. The van der Waals surface area contributed by atoms with Crippen LogP contribution in [0.2, 0.25) is 0 Å². The number of aryl methyl sites for hydroxylation is 1. The van der Waals surface area contributed by atoms with Gasteiger partial charge in [-0.1, -0.05) is 167 Å². The molecule has 0 aliphatic carbocycles. The summed E-state index contributed by atoms with van der Waals surface area (Å²) in [6.07, 6.45) is 55.1. The molecule has 0 atom stereocenters. The van der Waals surface area contributed by atoms with Crippen molar-refractivity contribution in [2.24, 2.45) is 9.98 Å². The summed E-state index contributed by atoms with van der Waals surface area (Å²) in [5.74, 6) is 0. The summed E-state index contributed by atoms with van der Waals surface area (Å²) in [7, 11) is 4.42. The predicted molar refractivity (Wildman–Crippen MR) is 310 cm³/mol. The van der Waals surface area contributed by atoms with Crippen LogP contribution in [-0.4, -0.2) is 38.6 Å². The van der Waals surface area contributed by atoms with Crippen LogP contribution >= 0.6 is 0 Å². The minimum atomic E-state index is 0. The zero-order valence-corrected chi connectivity index (χ0v) is 47.7. The standard InChI is InChI=1S/C64H108N4.Ni/c1-10-17-22-27-31-34-37-41-46-56-51-53-60(59(48-43-39-36-33-29-24-19-12-3)58(56)47-42-38-35-32-28-23-18-11-2)66-62(50-44-26-21-14-5)61(49-45-40-30-25-20-13-4)65-57-52-54-63(67(8)15-6)64(55-57)68(9)16-7;/h31-36,51-55H,10-30,37-50H2,1-9H3;/b34-31+,35-32+,36-33+,65-61+,66-62+;. The number of anilines is 2. The first kappa shape index (κ1) is 64.1. The molecule has 2 aromatic carbocycles. The van der Waals surface area contributed by atoms with Crippen LogP contribution in [0.25, 0.3) is 0 Å². The van der Waals surface area contributed by atoms with Gasteiger partial charge in [-0.15, -0.1) is 0 Å². The van der Waals surface area contributed by atoms with E-state index in [0.717, 1.165) is 89.4 Å². The zero-order chi connectivity index (χ0) is 49.3. The molecule has 0 bridgehead atoms. The van der Waals surface area contributed by atoms with Crippen molar-refractivity contribution in [3.05, 3.63) is 83.5 Å². The van der Waals surface area contributed by atoms with E-state index >= 15 is 0 Å². The molecule has 0 saturated heterocycles. The van der Waals surface area contributed by atoms with Gasteiger partial charge in [-0.3, -0.25) is 9.98 Å². The maximum absolute atomic E-state index is 5.92. The minimum Gasteiger partial charge on any atom is -0.373 e. The molecule has 0 fully saturated rings. The Bertz CT molecular complexity index is 1700. The van der Waals surface area contributed by atoms with Crippen molar-refractivity contribution in [3.63, 3.8) is 0 Å². The molecular formula is C64H108N4Ni. The molecule has 0 unspecified atom stereocenters. The second kappa shape index (κ2) is 43.8. The van der Waals surface area contributed by atoms with E-state index < -0.39 is 0 Å². The Morgan fingerprint density at radius 1 is 0.406 bits per heavy atom. The summed E-state index contributed by atoms with van der Waals surface area (Å²) in [6, 6.07) is 11.8. The number of unbranched alkanes of at least 4 members (excludes halogenated alkanes) is 20. The van der Waals surface area contributed by atoms with Crippen LogP contribution in [-0.2, 0) is 35.8 Å². The first-order chi connectivity index (χ1) is 33.4. The number of benzene rings is 2. The first-order valence-electron chi connectivity index (χ1n) is 29.2. The van der Waals surface area contributed by atoms with E-state index in [0.29, 0.717) is 0 Å². The predicted octanol–water partition coefficient (Wildman–Crippen LogP) is 20.5. The van der Waals surface area contributed by atoms with E-state index in [9.17, 15) is 0 Å². The molecule has 4 nitrogen and oxygen atoms in total. The van der Waals surface area contributed by atoms with Crippen LogP contribution in [0.5, 0.6) is 0 Å². The van der Waals surface area contributed by atoms with Crippen molar-refractivity contribution in [2.45, 2.75) is 260 Å². The Morgan fingerprint density at radius 2 is 0.812 bits per heavy atom. The number of aliphatic imine (C=N–C) groups is 2. The molecule has 0 amide bonds. The molecule has 0 aliphatic rings. The third-order valence-corrected chi connectivity index (χ3v) is 14.0. The Kier molecular flexibility index (Phi) is 40.7. The monoisotopic (exact) mass is 991 g/mol. The van der Waals surface area contributed by atoms with Crippen LogP contribution in [0.1, 0.15) is 258 Å². The molecule has 394 valence electrons. The van der Waals surface area contributed by atoms with Crippen LogP contribution in [0.15, 0.2) is 76.8 Å². The van der Waals surface area contributed by atoms with Gasteiger partial charge in [-0.25, -0.2) is 0 Å². The molecule has 0 heterocycles. The smallest absolute Gasteiger partial charge is 0.0668 e. The van der Waals surface area contributed by atoms with Crippen molar-refractivity contribution < 1.29 is 16.5 Å². The van der Waals surface area contributed by atoms with E-state index in [4.69, 9.17) is 9.98 Å². The molecule has 0 spiro atoms. The van der Waals surface area contributed by atoms with Crippen LogP contribution in [0.3, 0.4) is 0 Å². The van der Waals surface area contributed by atoms with Crippen LogP contribution < -0.4 is 9.80 Å². The number of hydrogen-bond donors (Lipinski definition) is 0. The van der Waals surface area contributed by atoms with Crippen LogP contribution in [0.4, 0.5) is 22.7 Å². The Balaban J connectivity index is 0.0000238. The number of allylic oxidation sites excluding steroid dienone is 6. The molecule has 5 heteroatoms. The molecule has 2 rings (SSSR count). The molecule has 0 aliphatic heterocycles. The molecule has 2 aromatic rings. The third kappa shape index (κ3) is 28.7. The third-order valence-electron chi connectivity index (χ3n) is 14.0. The number of hydrogen-bond acceptors (Lipinski definition) is 4. The fraction of sp³-hybridized carbons (Fsp3) is 0.688. The summed E-state index contributed by atoms with van der Waals surface area (Å²) in [4.78, 5) is 16.3. The van der Waals surface area contributed by atoms with E-state index in [-0.39, 0.29) is 16.5 Å². The Morgan fingerprint density at radius 3 is 1.32 bits per heavy atom. The zero-order valence-electron chi connectivity index (χ0n) is 46.7. The largest absolute Gasteiger partial charge is 0.373 e. The van der Waals surface area contributed by atoms with E-state index in [1.807, 2.05) is 0 Å². The average Bonchev–Trinajstić information content (AvgIpc) is 3.35. The van der Waals surface area contributed by atoms with Gasteiger partial charge in [0.25, 0.3) is 0 Å². The SMILES string of the molecule is CCCCC/C=C/CCCc1ccc(/N=C(CCCCCC)/C(CCCCCCCC)=N/c2ccc(N(C)CC)c(N(C)CC)c2)c(CCC/C=C/CCCCC)c1CCC/C=C/CCCCC.[Ni].